The van der Waals surface area contributed by atoms with Gasteiger partial charge >= 0.3 is 0 Å². The summed E-state index contributed by atoms with van der Waals surface area (Å²) >= 11 is 0. The molecule has 2 rings (SSSR count). The second-order valence-electron chi connectivity index (χ2n) is 6.27. The molecule has 5 heteroatoms. The highest BCUT2D eigenvalue weighted by atomic mass is 35.5. The Balaban J connectivity index is 0.00000288. The maximum Gasteiger partial charge on any atom is 0.220 e. The van der Waals surface area contributed by atoms with Gasteiger partial charge in [-0.25, -0.2) is 0 Å². The predicted molar refractivity (Wildman–Crippen MR) is 101 cm³/mol. The number of halogens is 1. The van der Waals surface area contributed by atoms with Crippen molar-refractivity contribution in [3.8, 4) is 5.75 Å². The van der Waals surface area contributed by atoms with Crippen LogP contribution in [-0.4, -0.2) is 25.6 Å². The molecule has 1 aliphatic heterocycles. The molecule has 0 radical (unpaired) electrons. The van der Waals surface area contributed by atoms with Crippen LogP contribution in [0.25, 0.3) is 0 Å². The van der Waals surface area contributed by atoms with Crippen LogP contribution in [0.2, 0.25) is 0 Å². The molecule has 1 aromatic carbocycles. The lowest BCUT2D eigenvalue weighted by atomic mass is 9.85. The summed E-state index contributed by atoms with van der Waals surface area (Å²) in [6, 6.07) is 7.79. The molecule has 0 saturated carbocycles. The predicted octanol–water partition coefficient (Wildman–Crippen LogP) is 3.32. The monoisotopic (exact) mass is 352 g/mol. The van der Waals surface area contributed by atoms with Crippen LogP contribution in [0.1, 0.15) is 31.7 Å². The molecule has 1 saturated heterocycles. The lowest BCUT2D eigenvalue weighted by Crippen LogP contribution is -2.35. The molecule has 0 bridgehead atoms. The molecule has 1 heterocycles. The SMILES string of the molecule is C=CCOc1ccccc1CNC(=O)CC(C)C1CCCNC1.Cl. The minimum absolute atomic E-state index is 0. The summed E-state index contributed by atoms with van der Waals surface area (Å²) in [6.45, 7) is 8.95. The second kappa shape index (κ2) is 11.1. The highest BCUT2D eigenvalue weighted by Gasteiger charge is 2.21. The Labute approximate surface area is 151 Å². The van der Waals surface area contributed by atoms with E-state index in [1.54, 1.807) is 6.08 Å². The van der Waals surface area contributed by atoms with E-state index >= 15 is 0 Å². The number of carbonyl (C=O) groups is 1. The smallest absolute Gasteiger partial charge is 0.220 e. The van der Waals surface area contributed by atoms with Gasteiger partial charge in [-0.2, -0.15) is 0 Å². The molecule has 1 aromatic rings. The third-order valence-electron chi connectivity index (χ3n) is 4.45. The maximum absolute atomic E-state index is 12.2. The Kier molecular flexibility index (Phi) is 9.50. The van der Waals surface area contributed by atoms with E-state index in [1.807, 2.05) is 24.3 Å². The number of nitrogens with one attached hydrogen (secondary N) is 2. The first-order valence-electron chi connectivity index (χ1n) is 8.49. The molecule has 1 aliphatic rings. The summed E-state index contributed by atoms with van der Waals surface area (Å²) in [6.07, 6.45) is 4.74. The van der Waals surface area contributed by atoms with Gasteiger partial charge in [-0.3, -0.25) is 4.79 Å². The van der Waals surface area contributed by atoms with Crippen LogP contribution in [0, 0.1) is 11.8 Å². The molecule has 2 N–H and O–H groups in total. The zero-order valence-corrected chi connectivity index (χ0v) is 15.2. The van der Waals surface area contributed by atoms with Crippen LogP contribution < -0.4 is 15.4 Å². The summed E-state index contributed by atoms with van der Waals surface area (Å²) in [5.74, 6) is 1.94. The summed E-state index contributed by atoms with van der Waals surface area (Å²) in [4.78, 5) is 12.2. The minimum Gasteiger partial charge on any atom is -0.489 e. The van der Waals surface area contributed by atoms with Gasteiger partial charge in [0.2, 0.25) is 5.91 Å². The number of hydrogen-bond acceptors (Lipinski definition) is 3. The fraction of sp³-hybridized carbons (Fsp3) is 0.526. The zero-order valence-electron chi connectivity index (χ0n) is 14.4. The molecule has 4 nitrogen and oxygen atoms in total. The van der Waals surface area contributed by atoms with Gasteiger partial charge in [-0.05, 0) is 43.8 Å². The van der Waals surface area contributed by atoms with Crippen molar-refractivity contribution in [2.24, 2.45) is 11.8 Å². The van der Waals surface area contributed by atoms with Crippen molar-refractivity contribution < 1.29 is 9.53 Å². The number of rotatable bonds is 8. The van der Waals surface area contributed by atoms with Crippen molar-refractivity contribution in [2.45, 2.75) is 32.7 Å². The summed E-state index contributed by atoms with van der Waals surface area (Å²) in [5, 5.41) is 6.44. The Morgan fingerprint density at radius 3 is 3.00 bits per heavy atom. The van der Waals surface area contributed by atoms with Crippen molar-refractivity contribution >= 4 is 18.3 Å². The number of hydrogen-bond donors (Lipinski definition) is 2. The van der Waals surface area contributed by atoms with Gasteiger partial charge in [-0.1, -0.05) is 37.8 Å². The van der Waals surface area contributed by atoms with Crippen LogP contribution >= 0.6 is 12.4 Å². The second-order valence-corrected chi connectivity index (χ2v) is 6.27. The zero-order chi connectivity index (χ0) is 16.5. The maximum atomic E-state index is 12.2. The normalized spacial score (nSPS) is 18.1. The van der Waals surface area contributed by atoms with Crippen molar-refractivity contribution in [1.82, 2.24) is 10.6 Å². The highest BCUT2D eigenvalue weighted by molar-refractivity contribution is 5.85. The Morgan fingerprint density at radius 1 is 1.50 bits per heavy atom. The average molecular weight is 353 g/mol. The topological polar surface area (TPSA) is 50.4 Å². The van der Waals surface area contributed by atoms with Crippen molar-refractivity contribution in [3.63, 3.8) is 0 Å². The Hall–Kier alpha value is -1.52. The van der Waals surface area contributed by atoms with E-state index in [0.717, 1.165) is 24.4 Å². The van der Waals surface area contributed by atoms with Gasteiger partial charge in [0.05, 0.1) is 0 Å². The molecule has 2 unspecified atom stereocenters. The third-order valence-corrected chi connectivity index (χ3v) is 4.45. The molecule has 24 heavy (non-hydrogen) atoms. The first-order chi connectivity index (χ1) is 11.2. The van der Waals surface area contributed by atoms with Crippen LogP contribution in [-0.2, 0) is 11.3 Å². The van der Waals surface area contributed by atoms with E-state index in [4.69, 9.17) is 4.74 Å². The minimum atomic E-state index is 0. The first kappa shape index (κ1) is 20.5. The van der Waals surface area contributed by atoms with E-state index < -0.39 is 0 Å². The van der Waals surface area contributed by atoms with Crippen LogP contribution in [0.5, 0.6) is 5.75 Å². The number of carbonyl (C=O) groups excluding carboxylic acids is 1. The van der Waals surface area contributed by atoms with Crippen LogP contribution in [0.4, 0.5) is 0 Å². The van der Waals surface area contributed by atoms with E-state index in [9.17, 15) is 4.79 Å². The van der Waals surface area contributed by atoms with Crippen LogP contribution in [0.15, 0.2) is 36.9 Å². The molecule has 1 amide bonds. The standard InChI is InChI=1S/C19H28N2O2.ClH/c1-3-11-23-18-9-5-4-7-17(18)14-21-19(22)12-15(2)16-8-6-10-20-13-16;/h3-5,7,9,15-16,20H,1,6,8,10-14H2,2H3,(H,21,22);1H. The van der Waals surface area contributed by atoms with Gasteiger partial charge < -0.3 is 15.4 Å². The fourth-order valence-electron chi connectivity index (χ4n) is 3.03. The molecule has 0 aliphatic carbocycles. The summed E-state index contributed by atoms with van der Waals surface area (Å²) in [5.41, 5.74) is 0.995. The molecule has 1 fully saturated rings. The lowest BCUT2D eigenvalue weighted by Gasteiger charge is -2.28. The lowest BCUT2D eigenvalue weighted by molar-refractivity contribution is -0.122. The van der Waals surface area contributed by atoms with E-state index in [1.165, 1.54) is 12.8 Å². The molecule has 134 valence electrons. The summed E-state index contributed by atoms with van der Waals surface area (Å²) < 4.78 is 5.62. The summed E-state index contributed by atoms with van der Waals surface area (Å²) in [7, 11) is 0. The van der Waals surface area contributed by atoms with Gasteiger partial charge in [-0.15, -0.1) is 12.4 Å². The molecule has 2 atom stereocenters. The number of piperidine rings is 1. The quantitative estimate of drug-likeness (QED) is 0.706. The number of ether oxygens (including phenoxy) is 1. The van der Waals surface area contributed by atoms with Crippen molar-refractivity contribution in [1.29, 1.82) is 0 Å². The Morgan fingerprint density at radius 2 is 2.29 bits per heavy atom. The number of benzene rings is 1. The molecular formula is C19H29ClN2O2. The van der Waals surface area contributed by atoms with Gasteiger partial charge in [0.15, 0.2) is 0 Å². The molecule has 0 aromatic heterocycles. The molecule has 0 spiro atoms. The Bertz CT molecular complexity index is 516. The van der Waals surface area contributed by atoms with Crippen molar-refractivity contribution in [2.75, 3.05) is 19.7 Å². The van der Waals surface area contributed by atoms with E-state index in [-0.39, 0.29) is 18.3 Å². The molecular weight excluding hydrogens is 324 g/mol. The van der Waals surface area contributed by atoms with E-state index in [2.05, 4.69) is 24.1 Å². The highest BCUT2D eigenvalue weighted by Crippen LogP contribution is 2.23. The van der Waals surface area contributed by atoms with Gasteiger partial charge in [0, 0.05) is 18.5 Å². The van der Waals surface area contributed by atoms with Crippen LogP contribution in [0.3, 0.4) is 0 Å². The van der Waals surface area contributed by atoms with Gasteiger partial charge in [0.25, 0.3) is 0 Å². The number of para-hydroxylation sites is 1. The average Bonchev–Trinajstić information content (AvgIpc) is 2.59. The number of amides is 1. The van der Waals surface area contributed by atoms with Gasteiger partial charge in [0.1, 0.15) is 12.4 Å². The third kappa shape index (κ3) is 6.54. The first-order valence-corrected chi connectivity index (χ1v) is 8.49. The van der Waals surface area contributed by atoms with E-state index in [0.29, 0.717) is 31.4 Å². The van der Waals surface area contributed by atoms with Crippen molar-refractivity contribution in [3.05, 3.63) is 42.5 Å². The fourth-order valence-corrected chi connectivity index (χ4v) is 3.03. The largest absolute Gasteiger partial charge is 0.489 e.